The molecule has 0 spiro atoms. The molecule has 0 saturated heterocycles. The highest BCUT2D eigenvalue weighted by atomic mass is 35.5. The lowest BCUT2D eigenvalue weighted by molar-refractivity contribution is -0.0745. The predicted molar refractivity (Wildman–Crippen MR) is 125 cm³/mol. The Hall–Kier alpha value is -1.64. The van der Waals surface area contributed by atoms with Crippen molar-refractivity contribution in [1.82, 2.24) is 9.21 Å². The zero-order valence-electron chi connectivity index (χ0n) is 18.6. The lowest BCUT2D eigenvalue weighted by Gasteiger charge is -2.46. The molecule has 0 radical (unpaired) electrons. The molecule has 31 heavy (non-hydrogen) atoms. The fourth-order valence-corrected chi connectivity index (χ4v) is 5.87. The smallest absolute Gasteiger partial charge is 0.243 e. The summed E-state index contributed by atoms with van der Waals surface area (Å²) in [6.45, 7) is 0.656. The molecule has 1 aliphatic rings. The fourth-order valence-electron chi connectivity index (χ4n) is 4.46. The highest BCUT2D eigenvalue weighted by Crippen LogP contribution is 2.44. The van der Waals surface area contributed by atoms with Crippen LogP contribution in [0.2, 0.25) is 0 Å². The average molecular weight is 469 g/mol. The molecule has 8 heteroatoms. The van der Waals surface area contributed by atoms with Crippen LogP contribution in [0.15, 0.2) is 59.5 Å². The van der Waals surface area contributed by atoms with Crippen molar-refractivity contribution < 1.29 is 18.3 Å². The first-order valence-electron chi connectivity index (χ1n) is 10.2. The number of hydrogen-bond donors (Lipinski definition) is 1. The molecular weight excluding hydrogens is 436 g/mol. The standard InChI is InChI=1S/C23H32N2O4S.ClH/c1-24(2)17-19-15-20(25(3)30(27,28)22-11-6-5-7-12-22)13-14-23(19,26)18-9-8-10-21(16-18)29-4;/h5-12,16,19-20,26H,13-15,17H2,1-4H3;1H. The maximum absolute atomic E-state index is 13.1. The Morgan fingerprint density at radius 3 is 2.39 bits per heavy atom. The Kier molecular flexibility index (Phi) is 8.53. The van der Waals surface area contributed by atoms with Crippen molar-refractivity contribution in [3.8, 4) is 5.75 Å². The molecule has 1 N–H and O–H groups in total. The van der Waals surface area contributed by atoms with E-state index in [9.17, 15) is 13.5 Å². The van der Waals surface area contributed by atoms with Gasteiger partial charge in [-0.2, -0.15) is 4.31 Å². The van der Waals surface area contributed by atoms with Crippen LogP contribution in [0.3, 0.4) is 0 Å². The number of aliphatic hydroxyl groups is 1. The summed E-state index contributed by atoms with van der Waals surface area (Å²) in [7, 11) is 3.62. The van der Waals surface area contributed by atoms with Gasteiger partial charge in [0.2, 0.25) is 10.0 Å². The van der Waals surface area contributed by atoms with Gasteiger partial charge in [-0.3, -0.25) is 0 Å². The van der Waals surface area contributed by atoms with E-state index >= 15 is 0 Å². The van der Waals surface area contributed by atoms with E-state index < -0.39 is 15.6 Å². The third-order valence-corrected chi connectivity index (χ3v) is 8.10. The highest BCUT2D eigenvalue weighted by molar-refractivity contribution is 7.89. The van der Waals surface area contributed by atoms with Gasteiger partial charge in [-0.15, -0.1) is 12.4 Å². The molecule has 0 amide bonds. The van der Waals surface area contributed by atoms with Crippen molar-refractivity contribution in [3.63, 3.8) is 0 Å². The largest absolute Gasteiger partial charge is 0.497 e. The van der Waals surface area contributed by atoms with Crippen molar-refractivity contribution in [3.05, 3.63) is 60.2 Å². The number of halogens is 1. The monoisotopic (exact) mass is 468 g/mol. The molecule has 2 aromatic carbocycles. The van der Waals surface area contributed by atoms with Gasteiger partial charge < -0.3 is 14.7 Å². The number of rotatable bonds is 7. The van der Waals surface area contributed by atoms with Crippen molar-refractivity contribution in [2.45, 2.75) is 35.8 Å². The predicted octanol–water partition coefficient (Wildman–Crippen LogP) is 3.36. The summed E-state index contributed by atoms with van der Waals surface area (Å²) in [5.74, 6) is 0.585. The molecule has 1 saturated carbocycles. The van der Waals surface area contributed by atoms with Crippen LogP contribution in [0.5, 0.6) is 5.75 Å². The van der Waals surface area contributed by atoms with Crippen molar-refractivity contribution in [1.29, 1.82) is 0 Å². The summed E-state index contributed by atoms with van der Waals surface area (Å²) in [5.41, 5.74) is -0.215. The number of ether oxygens (including phenoxy) is 1. The van der Waals surface area contributed by atoms with E-state index in [2.05, 4.69) is 0 Å². The minimum atomic E-state index is -3.58. The maximum atomic E-state index is 13.1. The van der Waals surface area contributed by atoms with Crippen LogP contribution in [-0.4, -0.2) is 63.6 Å². The van der Waals surface area contributed by atoms with E-state index in [4.69, 9.17) is 4.74 Å². The SMILES string of the molecule is COc1cccc(C2(O)CCC(N(C)S(=O)(=O)c3ccccc3)CC2CN(C)C)c1.Cl. The minimum Gasteiger partial charge on any atom is -0.497 e. The van der Waals surface area contributed by atoms with Crippen LogP contribution < -0.4 is 4.74 Å². The fraction of sp³-hybridized carbons (Fsp3) is 0.478. The van der Waals surface area contributed by atoms with Crippen molar-refractivity contribution >= 4 is 22.4 Å². The summed E-state index contributed by atoms with van der Waals surface area (Å²) in [4.78, 5) is 2.34. The molecule has 1 aliphatic carbocycles. The van der Waals surface area contributed by atoms with Crippen LogP contribution in [0, 0.1) is 5.92 Å². The summed E-state index contributed by atoms with van der Waals surface area (Å²) in [6.07, 6.45) is 1.65. The first kappa shape index (κ1) is 25.6. The van der Waals surface area contributed by atoms with Gasteiger partial charge >= 0.3 is 0 Å². The van der Waals surface area contributed by atoms with Gasteiger partial charge in [0, 0.05) is 25.6 Å². The molecule has 0 aromatic heterocycles. The molecule has 3 atom stereocenters. The molecular formula is C23H33ClN2O4S. The average Bonchev–Trinajstić information content (AvgIpc) is 2.75. The lowest BCUT2D eigenvalue weighted by atomic mass is 9.69. The van der Waals surface area contributed by atoms with E-state index in [1.807, 2.05) is 43.3 Å². The quantitative estimate of drug-likeness (QED) is 0.674. The maximum Gasteiger partial charge on any atom is 0.243 e. The Morgan fingerprint density at radius 2 is 1.77 bits per heavy atom. The van der Waals surface area contributed by atoms with Crippen molar-refractivity contribution in [2.75, 3.05) is 34.8 Å². The second-order valence-corrected chi connectivity index (χ2v) is 10.4. The molecule has 3 rings (SSSR count). The number of benzene rings is 2. The zero-order chi connectivity index (χ0) is 21.9. The number of nitrogens with zero attached hydrogens (tertiary/aromatic N) is 2. The molecule has 2 aromatic rings. The first-order valence-corrected chi connectivity index (χ1v) is 11.7. The van der Waals surface area contributed by atoms with Crippen LogP contribution >= 0.6 is 12.4 Å². The van der Waals surface area contributed by atoms with Gasteiger partial charge in [0.15, 0.2) is 0 Å². The molecule has 0 heterocycles. The number of methoxy groups -OCH3 is 1. The van der Waals surface area contributed by atoms with Gasteiger partial charge in [-0.05, 0) is 63.2 Å². The van der Waals surface area contributed by atoms with Gasteiger partial charge in [0.25, 0.3) is 0 Å². The Balaban J connectivity index is 0.00000341. The third kappa shape index (κ3) is 5.41. The molecule has 172 valence electrons. The second-order valence-electron chi connectivity index (χ2n) is 8.38. The summed E-state index contributed by atoms with van der Waals surface area (Å²) in [6, 6.07) is 15.9. The lowest BCUT2D eigenvalue weighted by Crippen LogP contribution is -2.50. The molecule has 0 aliphatic heterocycles. The van der Waals surface area contributed by atoms with Crippen LogP contribution in [0.1, 0.15) is 24.8 Å². The molecule has 6 nitrogen and oxygen atoms in total. The van der Waals surface area contributed by atoms with Crippen LogP contribution in [0.4, 0.5) is 0 Å². The molecule has 1 fully saturated rings. The van der Waals surface area contributed by atoms with E-state index in [0.29, 0.717) is 36.5 Å². The highest BCUT2D eigenvalue weighted by Gasteiger charge is 2.46. The Bertz CT molecular complexity index is 955. The molecule has 0 bridgehead atoms. The van der Waals surface area contributed by atoms with E-state index in [0.717, 1.165) is 5.56 Å². The van der Waals surface area contributed by atoms with Gasteiger partial charge in [-0.25, -0.2) is 8.42 Å². The minimum absolute atomic E-state index is 0. The number of sulfonamides is 1. The van der Waals surface area contributed by atoms with Crippen LogP contribution in [0.25, 0.3) is 0 Å². The van der Waals surface area contributed by atoms with Gasteiger partial charge in [0.05, 0.1) is 17.6 Å². The van der Waals surface area contributed by atoms with E-state index in [-0.39, 0.29) is 24.4 Å². The molecule has 3 unspecified atom stereocenters. The Labute approximate surface area is 192 Å². The second kappa shape index (κ2) is 10.3. The van der Waals surface area contributed by atoms with Crippen LogP contribution in [-0.2, 0) is 15.6 Å². The summed E-state index contributed by atoms with van der Waals surface area (Å²) >= 11 is 0. The van der Waals surface area contributed by atoms with E-state index in [1.165, 1.54) is 4.31 Å². The summed E-state index contributed by atoms with van der Waals surface area (Å²) in [5, 5.41) is 11.7. The topological polar surface area (TPSA) is 70.1 Å². The third-order valence-electron chi connectivity index (χ3n) is 6.18. The number of hydrogen-bond acceptors (Lipinski definition) is 5. The van der Waals surface area contributed by atoms with E-state index in [1.54, 1.807) is 44.5 Å². The first-order chi connectivity index (χ1) is 14.2. The Morgan fingerprint density at radius 1 is 1.10 bits per heavy atom. The summed E-state index contributed by atoms with van der Waals surface area (Å²) < 4.78 is 33.1. The van der Waals surface area contributed by atoms with Gasteiger partial charge in [-0.1, -0.05) is 30.3 Å². The normalized spacial score (nSPS) is 24.1. The zero-order valence-corrected chi connectivity index (χ0v) is 20.2. The van der Waals surface area contributed by atoms with Gasteiger partial charge in [0.1, 0.15) is 5.75 Å². The van der Waals surface area contributed by atoms with Crippen molar-refractivity contribution in [2.24, 2.45) is 5.92 Å².